The van der Waals surface area contributed by atoms with E-state index in [0.717, 1.165) is 5.56 Å². The van der Waals surface area contributed by atoms with Crippen molar-refractivity contribution in [3.05, 3.63) is 71.8 Å². The topological polar surface area (TPSA) is 91.0 Å². The van der Waals surface area contributed by atoms with Crippen molar-refractivity contribution in [2.24, 2.45) is 0 Å². The van der Waals surface area contributed by atoms with Crippen LogP contribution in [-0.4, -0.2) is 44.5 Å². The van der Waals surface area contributed by atoms with Crippen LogP contribution < -0.4 is 5.32 Å². The standard InChI is InChI=1S/C22H22FN5O2/c1-14(29)24-17-12-19(22-25-21(26-27-22)15-7-3-2-4-8-15)28(13-17)20(30)11-16-9-5-6-10-18(16)23/h2-10,17,19H,11-13H2,1H3,(H,24,29)(H,25,26,27)/t17-,19-/m0/s1. The Hall–Kier alpha value is -3.55. The Labute approximate surface area is 173 Å². The van der Waals surface area contributed by atoms with Crippen molar-refractivity contribution in [3.63, 3.8) is 0 Å². The number of likely N-dealkylation sites (tertiary alicyclic amines) is 1. The highest BCUT2D eigenvalue weighted by Crippen LogP contribution is 2.32. The first-order valence-corrected chi connectivity index (χ1v) is 9.79. The van der Waals surface area contributed by atoms with Crippen LogP contribution in [0, 0.1) is 5.82 Å². The molecule has 8 heteroatoms. The molecule has 7 nitrogen and oxygen atoms in total. The summed E-state index contributed by atoms with van der Waals surface area (Å²) in [6.45, 7) is 1.78. The largest absolute Gasteiger partial charge is 0.352 e. The minimum absolute atomic E-state index is 0.0599. The molecule has 2 atom stereocenters. The first-order valence-electron chi connectivity index (χ1n) is 9.79. The number of hydrogen-bond acceptors (Lipinski definition) is 4. The molecule has 0 unspecified atom stereocenters. The minimum Gasteiger partial charge on any atom is -0.352 e. The van der Waals surface area contributed by atoms with Gasteiger partial charge in [-0.05, 0) is 18.1 Å². The van der Waals surface area contributed by atoms with Gasteiger partial charge in [-0.2, -0.15) is 5.10 Å². The van der Waals surface area contributed by atoms with Gasteiger partial charge >= 0.3 is 0 Å². The Kier molecular flexibility index (Phi) is 5.56. The van der Waals surface area contributed by atoms with Crippen molar-refractivity contribution in [2.75, 3.05) is 6.54 Å². The van der Waals surface area contributed by atoms with Gasteiger partial charge in [-0.25, -0.2) is 9.37 Å². The fraction of sp³-hybridized carbons (Fsp3) is 0.273. The molecule has 2 N–H and O–H groups in total. The third-order valence-corrected chi connectivity index (χ3v) is 5.18. The van der Waals surface area contributed by atoms with E-state index in [-0.39, 0.29) is 30.3 Å². The number of nitrogens with one attached hydrogen (secondary N) is 2. The minimum atomic E-state index is -0.411. The zero-order chi connectivity index (χ0) is 21.1. The number of carbonyl (C=O) groups is 2. The van der Waals surface area contributed by atoms with Gasteiger partial charge < -0.3 is 10.2 Å². The number of carbonyl (C=O) groups excluding carboxylic acids is 2. The van der Waals surface area contributed by atoms with Crippen molar-refractivity contribution in [1.29, 1.82) is 0 Å². The lowest BCUT2D eigenvalue weighted by atomic mass is 10.1. The highest BCUT2D eigenvalue weighted by Gasteiger charge is 2.38. The van der Waals surface area contributed by atoms with E-state index in [1.807, 2.05) is 30.3 Å². The molecule has 3 aromatic rings. The van der Waals surface area contributed by atoms with Crippen molar-refractivity contribution < 1.29 is 14.0 Å². The van der Waals surface area contributed by atoms with Gasteiger partial charge in [-0.1, -0.05) is 48.5 Å². The fourth-order valence-corrected chi connectivity index (χ4v) is 3.81. The highest BCUT2D eigenvalue weighted by atomic mass is 19.1. The van der Waals surface area contributed by atoms with Gasteiger partial charge in [0.2, 0.25) is 11.8 Å². The van der Waals surface area contributed by atoms with Gasteiger partial charge in [0.25, 0.3) is 0 Å². The lowest BCUT2D eigenvalue weighted by Crippen LogP contribution is -2.38. The monoisotopic (exact) mass is 407 g/mol. The van der Waals surface area contributed by atoms with E-state index in [9.17, 15) is 14.0 Å². The zero-order valence-corrected chi connectivity index (χ0v) is 16.5. The molecule has 1 aliphatic heterocycles. The summed E-state index contributed by atoms with van der Waals surface area (Å²) in [5.74, 6) is 0.282. The predicted molar refractivity (Wildman–Crippen MR) is 109 cm³/mol. The lowest BCUT2D eigenvalue weighted by molar-refractivity contribution is -0.131. The quantitative estimate of drug-likeness (QED) is 0.680. The molecule has 2 heterocycles. The highest BCUT2D eigenvalue weighted by molar-refractivity contribution is 5.80. The maximum absolute atomic E-state index is 14.0. The molecule has 154 valence electrons. The maximum atomic E-state index is 14.0. The van der Waals surface area contributed by atoms with E-state index in [4.69, 9.17) is 0 Å². The molecule has 30 heavy (non-hydrogen) atoms. The average molecular weight is 407 g/mol. The molecule has 0 bridgehead atoms. The van der Waals surface area contributed by atoms with E-state index in [0.29, 0.717) is 30.2 Å². The Morgan fingerprint density at radius 1 is 1.17 bits per heavy atom. The molecule has 2 amide bonds. The van der Waals surface area contributed by atoms with Crippen LogP contribution in [0.3, 0.4) is 0 Å². The molecular formula is C22H22FN5O2. The number of rotatable bonds is 5. The molecule has 4 rings (SSSR count). The summed E-state index contributed by atoms with van der Waals surface area (Å²) in [6, 6.07) is 15.2. The molecule has 0 aliphatic carbocycles. The van der Waals surface area contributed by atoms with E-state index >= 15 is 0 Å². The number of amides is 2. The summed E-state index contributed by atoms with van der Waals surface area (Å²) in [4.78, 5) is 30.8. The van der Waals surface area contributed by atoms with Gasteiger partial charge in [-0.15, -0.1) is 0 Å². The van der Waals surface area contributed by atoms with Crippen LogP contribution in [0.25, 0.3) is 11.4 Å². The molecular weight excluding hydrogens is 385 g/mol. The van der Waals surface area contributed by atoms with Gasteiger partial charge in [0.1, 0.15) is 11.6 Å². The number of aromatic amines is 1. The summed E-state index contributed by atoms with van der Waals surface area (Å²) in [6.07, 6.45) is 0.446. The smallest absolute Gasteiger partial charge is 0.227 e. The number of hydrogen-bond donors (Lipinski definition) is 2. The van der Waals surface area contributed by atoms with Gasteiger partial charge in [0.15, 0.2) is 5.82 Å². The van der Waals surface area contributed by atoms with Gasteiger partial charge in [0, 0.05) is 25.1 Å². The van der Waals surface area contributed by atoms with E-state index in [1.165, 1.54) is 13.0 Å². The molecule has 1 fully saturated rings. The molecule has 0 radical (unpaired) electrons. The van der Waals surface area contributed by atoms with Gasteiger partial charge in [0.05, 0.1) is 12.5 Å². The summed E-state index contributed by atoms with van der Waals surface area (Å²) in [5, 5.41) is 10.1. The average Bonchev–Trinajstić information content (AvgIpc) is 3.37. The van der Waals surface area contributed by atoms with Crippen LogP contribution in [0.4, 0.5) is 4.39 Å². The summed E-state index contributed by atoms with van der Waals surface area (Å²) in [5.41, 5.74) is 1.20. The Bertz CT molecular complexity index is 1050. The second-order valence-corrected chi connectivity index (χ2v) is 7.37. The second kappa shape index (κ2) is 8.44. The van der Waals surface area contributed by atoms with Crippen molar-refractivity contribution in [2.45, 2.75) is 31.8 Å². The maximum Gasteiger partial charge on any atom is 0.227 e. The number of aromatic nitrogens is 3. The molecule has 0 spiro atoms. The number of benzene rings is 2. The first-order chi connectivity index (χ1) is 14.5. The third-order valence-electron chi connectivity index (χ3n) is 5.18. The molecule has 1 saturated heterocycles. The van der Waals surface area contributed by atoms with Crippen LogP contribution in [0.15, 0.2) is 54.6 Å². The van der Waals surface area contributed by atoms with E-state index in [1.54, 1.807) is 23.1 Å². The summed E-state index contributed by atoms with van der Waals surface area (Å²) >= 11 is 0. The summed E-state index contributed by atoms with van der Waals surface area (Å²) < 4.78 is 14.0. The van der Waals surface area contributed by atoms with Crippen molar-refractivity contribution in [3.8, 4) is 11.4 Å². The summed E-state index contributed by atoms with van der Waals surface area (Å²) in [7, 11) is 0. The Morgan fingerprint density at radius 2 is 1.90 bits per heavy atom. The molecule has 2 aromatic carbocycles. The molecule has 1 aromatic heterocycles. The second-order valence-electron chi connectivity index (χ2n) is 7.37. The molecule has 1 aliphatic rings. The normalized spacial score (nSPS) is 18.4. The fourth-order valence-electron chi connectivity index (χ4n) is 3.81. The predicted octanol–water partition coefficient (Wildman–Crippen LogP) is 2.63. The van der Waals surface area contributed by atoms with Crippen LogP contribution in [0.2, 0.25) is 0 Å². The van der Waals surface area contributed by atoms with Crippen molar-refractivity contribution in [1.82, 2.24) is 25.4 Å². The van der Waals surface area contributed by atoms with Gasteiger partial charge in [-0.3, -0.25) is 14.7 Å². The van der Waals surface area contributed by atoms with Crippen LogP contribution >= 0.6 is 0 Å². The zero-order valence-electron chi connectivity index (χ0n) is 16.5. The molecule has 0 saturated carbocycles. The Balaban J connectivity index is 1.59. The van der Waals surface area contributed by atoms with Crippen LogP contribution in [0.5, 0.6) is 0 Å². The lowest BCUT2D eigenvalue weighted by Gasteiger charge is -2.23. The Morgan fingerprint density at radius 3 is 2.63 bits per heavy atom. The SMILES string of the molecule is CC(=O)N[C@H]1C[C@@H](c2nc(-c3ccccc3)n[nH]2)N(C(=O)Cc2ccccc2F)C1. The number of halogens is 1. The van der Waals surface area contributed by atoms with E-state index in [2.05, 4.69) is 20.5 Å². The van der Waals surface area contributed by atoms with Crippen molar-refractivity contribution >= 4 is 11.8 Å². The number of H-pyrrole nitrogens is 1. The number of nitrogens with zero attached hydrogens (tertiary/aromatic N) is 3. The third kappa shape index (κ3) is 4.22. The van der Waals surface area contributed by atoms with E-state index < -0.39 is 5.82 Å². The first kappa shape index (κ1) is 19.8. The van der Waals surface area contributed by atoms with Crippen LogP contribution in [0.1, 0.15) is 30.8 Å². The van der Waals surface area contributed by atoms with Crippen LogP contribution in [-0.2, 0) is 16.0 Å².